The monoisotopic (exact) mass is 186 g/mol. The van der Waals surface area contributed by atoms with Crippen LogP contribution in [-0.2, 0) is 9.53 Å². The molecule has 0 aromatic carbocycles. The molecule has 1 radical (unpaired) electrons. The van der Waals surface area contributed by atoms with E-state index in [-0.39, 0.29) is 0 Å². The van der Waals surface area contributed by atoms with Crippen LogP contribution >= 0.6 is 0 Å². The molecule has 4 heteroatoms. The maximum atomic E-state index is 11.3. The first-order chi connectivity index (χ1) is 5.78. The van der Waals surface area contributed by atoms with Gasteiger partial charge in [-0.05, 0) is 27.7 Å². The second kappa shape index (κ2) is 4.25. The molecular weight excluding hydrogens is 170 g/mol. The van der Waals surface area contributed by atoms with Crippen LogP contribution in [0.3, 0.4) is 0 Å². The first-order valence-electron chi connectivity index (χ1n) is 4.11. The highest BCUT2D eigenvalue weighted by molar-refractivity contribution is 5.73. The van der Waals surface area contributed by atoms with E-state index in [1.165, 1.54) is 11.9 Å². The van der Waals surface area contributed by atoms with Gasteiger partial charge in [-0.3, -0.25) is 4.79 Å². The molecule has 0 aliphatic heterocycles. The summed E-state index contributed by atoms with van der Waals surface area (Å²) in [4.78, 5) is 22.7. The van der Waals surface area contributed by atoms with Gasteiger partial charge in [-0.2, -0.15) is 0 Å². The van der Waals surface area contributed by atoms with Crippen LogP contribution in [-0.4, -0.2) is 36.0 Å². The number of hydrogen-bond acceptors (Lipinski definition) is 3. The Labute approximate surface area is 78.9 Å². The van der Waals surface area contributed by atoms with E-state index in [0.29, 0.717) is 0 Å². The van der Waals surface area contributed by atoms with Gasteiger partial charge in [0.15, 0.2) is 0 Å². The van der Waals surface area contributed by atoms with E-state index in [1.54, 1.807) is 34.0 Å². The second-order valence-electron chi connectivity index (χ2n) is 3.89. The average molecular weight is 186 g/mol. The Kier molecular flexibility index (Phi) is 3.91. The average Bonchev–Trinajstić information content (AvgIpc) is 1.98. The molecule has 0 aromatic heterocycles. The third-order valence-corrected chi connectivity index (χ3v) is 1.43. The van der Waals surface area contributed by atoms with Crippen LogP contribution in [0.15, 0.2) is 0 Å². The zero-order valence-corrected chi connectivity index (χ0v) is 8.75. The lowest BCUT2D eigenvalue weighted by Crippen LogP contribution is -2.40. The molecule has 0 N–H and O–H groups in total. The highest BCUT2D eigenvalue weighted by Gasteiger charge is 2.22. The minimum absolute atomic E-state index is 0.511. The van der Waals surface area contributed by atoms with Crippen LogP contribution in [0.5, 0.6) is 0 Å². The number of hydrogen-bond donors (Lipinski definition) is 0. The lowest BCUT2D eigenvalue weighted by atomic mass is 10.2. The number of ether oxygens (including phenoxy) is 1. The summed E-state index contributed by atoms with van der Waals surface area (Å²) in [6.07, 6.45) is 1.20. The molecule has 0 aliphatic rings. The zero-order chi connectivity index (χ0) is 10.6. The smallest absolute Gasteiger partial charge is 0.410 e. The summed E-state index contributed by atoms with van der Waals surface area (Å²) in [6, 6.07) is -0.574. The summed E-state index contributed by atoms with van der Waals surface area (Å²) >= 11 is 0. The van der Waals surface area contributed by atoms with Crippen LogP contribution in [0.4, 0.5) is 4.79 Å². The van der Waals surface area contributed by atoms with Gasteiger partial charge in [0.25, 0.3) is 0 Å². The van der Waals surface area contributed by atoms with Gasteiger partial charge in [0, 0.05) is 7.05 Å². The third-order valence-electron chi connectivity index (χ3n) is 1.43. The van der Waals surface area contributed by atoms with Crippen molar-refractivity contribution in [2.75, 3.05) is 7.05 Å². The zero-order valence-electron chi connectivity index (χ0n) is 8.75. The van der Waals surface area contributed by atoms with Gasteiger partial charge in [0.05, 0.1) is 6.04 Å². The van der Waals surface area contributed by atoms with Gasteiger partial charge < -0.3 is 9.64 Å². The van der Waals surface area contributed by atoms with E-state index in [0.717, 1.165) is 0 Å². The molecule has 1 unspecified atom stereocenters. The van der Waals surface area contributed by atoms with E-state index in [1.807, 2.05) is 0 Å². The minimum Gasteiger partial charge on any atom is -0.444 e. The van der Waals surface area contributed by atoms with Crippen molar-refractivity contribution in [2.45, 2.75) is 39.3 Å². The lowest BCUT2D eigenvalue weighted by Gasteiger charge is -2.25. The molecule has 0 heterocycles. The number of nitrogens with zero attached hydrogens (tertiary/aromatic N) is 1. The second-order valence-corrected chi connectivity index (χ2v) is 3.89. The number of likely N-dealkylation sites (N-methyl/N-ethyl adjacent to an activating group) is 1. The standard InChI is InChI=1S/C9H16NO3/c1-7(6-11)10(5)8(12)13-9(2,3)4/h7H,1-5H3. The molecule has 0 saturated carbocycles. The van der Waals surface area contributed by atoms with E-state index >= 15 is 0 Å². The Bertz CT molecular complexity index is 196. The molecule has 1 amide bonds. The lowest BCUT2D eigenvalue weighted by molar-refractivity contribution is 0.0276. The van der Waals surface area contributed by atoms with Gasteiger partial charge in [0.1, 0.15) is 5.60 Å². The largest absolute Gasteiger partial charge is 0.444 e. The van der Waals surface area contributed by atoms with Crippen LogP contribution in [0.1, 0.15) is 27.7 Å². The third kappa shape index (κ3) is 4.50. The SMILES string of the molecule is CC([C]=O)N(C)C(=O)OC(C)(C)C. The van der Waals surface area contributed by atoms with Crippen molar-refractivity contribution < 1.29 is 14.3 Å². The first kappa shape index (κ1) is 11.9. The fourth-order valence-corrected chi connectivity index (χ4v) is 0.571. The molecule has 4 nitrogen and oxygen atoms in total. The Hall–Kier alpha value is -1.06. The van der Waals surface area contributed by atoms with Crippen molar-refractivity contribution in [1.82, 2.24) is 4.90 Å². The normalized spacial score (nSPS) is 13.3. The Morgan fingerprint density at radius 1 is 1.46 bits per heavy atom. The Balaban J connectivity index is 4.19. The fourth-order valence-electron chi connectivity index (χ4n) is 0.571. The van der Waals surface area contributed by atoms with Crippen molar-refractivity contribution in [3.05, 3.63) is 0 Å². The van der Waals surface area contributed by atoms with E-state index in [9.17, 15) is 9.59 Å². The number of amides is 1. The summed E-state index contributed by atoms with van der Waals surface area (Å²) in [5, 5.41) is 0. The van der Waals surface area contributed by atoms with E-state index in [4.69, 9.17) is 4.74 Å². The molecule has 13 heavy (non-hydrogen) atoms. The number of rotatable bonds is 2. The van der Waals surface area contributed by atoms with E-state index < -0.39 is 17.7 Å². The Morgan fingerprint density at radius 3 is 2.23 bits per heavy atom. The molecular formula is C9H16NO3. The van der Waals surface area contributed by atoms with Crippen LogP contribution < -0.4 is 0 Å². The maximum Gasteiger partial charge on any atom is 0.410 e. The molecule has 0 saturated heterocycles. The molecule has 1 atom stereocenters. The van der Waals surface area contributed by atoms with Gasteiger partial charge in [-0.15, -0.1) is 0 Å². The summed E-state index contributed by atoms with van der Waals surface area (Å²) in [7, 11) is 1.50. The van der Waals surface area contributed by atoms with Gasteiger partial charge in [0.2, 0.25) is 6.29 Å². The molecule has 0 aromatic rings. The molecule has 0 fully saturated rings. The molecule has 0 rings (SSSR count). The van der Waals surface area contributed by atoms with Crippen LogP contribution in [0, 0.1) is 0 Å². The van der Waals surface area contributed by atoms with Gasteiger partial charge in [-0.1, -0.05) is 0 Å². The summed E-state index contributed by atoms with van der Waals surface area (Å²) in [6.45, 7) is 6.90. The van der Waals surface area contributed by atoms with Crippen LogP contribution in [0.2, 0.25) is 0 Å². The van der Waals surface area contributed by atoms with E-state index in [2.05, 4.69) is 0 Å². The quantitative estimate of drug-likeness (QED) is 0.654. The van der Waals surface area contributed by atoms with Crippen LogP contribution in [0.25, 0.3) is 0 Å². The topological polar surface area (TPSA) is 46.6 Å². The summed E-state index contributed by atoms with van der Waals surface area (Å²) < 4.78 is 5.03. The molecule has 0 spiro atoms. The molecule has 75 valence electrons. The van der Waals surface area contributed by atoms with Crippen molar-refractivity contribution in [3.8, 4) is 0 Å². The van der Waals surface area contributed by atoms with Crippen molar-refractivity contribution >= 4 is 12.4 Å². The predicted molar refractivity (Wildman–Crippen MR) is 49.2 cm³/mol. The number of carbonyl (C=O) groups excluding carboxylic acids is 2. The van der Waals surface area contributed by atoms with Gasteiger partial charge in [-0.25, -0.2) is 4.79 Å². The van der Waals surface area contributed by atoms with Crippen molar-refractivity contribution in [1.29, 1.82) is 0 Å². The summed E-state index contributed by atoms with van der Waals surface area (Å²) in [5.41, 5.74) is -0.534. The summed E-state index contributed by atoms with van der Waals surface area (Å²) in [5.74, 6) is 0. The fraction of sp³-hybridized carbons (Fsp3) is 0.778. The molecule has 0 bridgehead atoms. The highest BCUT2D eigenvalue weighted by Crippen LogP contribution is 2.09. The van der Waals surface area contributed by atoms with Gasteiger partial charge >= 0.3 is 6.09 Å². The predicted octanol–water partition coefficient (Wildman–Crippen LogP) is 1.35. The Morgan fingerprint density at radius 2 is 1.92 bits per heavy atom. The maximum absolute atomic E-state index is 11.3. The first-order valence-corrected chi connectivity index (χ1v) is 4.11. The number of carbonyl (C=O) groups is 1. The van der Waals surface area contributed by atoms with Crippen molar-refractivity contribution in [3.63, 3.8) is 0 Å². The molecule has 0 aliphatic carbocycles. The minimum atomic E-state index is -0.574. The van der Waals surface area contributed by atoms with Crippen molar-refractivity contribution in [2.24, 2.45) is 0 Å². The highest BCUT2D eigenvalue weighted by atomic mass is 16.6.